The lowest BCUT2D eigenvalue weighted by atomic mass is 9.86. The van der Waals surface area contributed by atoms with Gasteiger partial charge in [-0.2, -0.15) is 13.2 Å². The van der Waals surface area contributed by atoms with Crippen LogP contribution in [-0.4, -0.2) is 46.9 Å². The Kier molecular flexibility index (Phi) is 4.27. The zero-order valence-electron chi connectivity index (χ0n) is 12.7. The van der Waals surface area contributed by atoms with E-state index in [1.807, 2.05) is 18.2 Å². The van der Waals surface area contributed by atoms with Crippen molar-refractivity contribution in [2.24, 2.45) is 5.41 Å². The molecule has 8 heteroatoms. The molecule has 0 radical (unpaired) electrons. The molecule has 1 N–H and O–H groups in total. The molecule has 0 aromatic heterocycles. The number of fused-ring (bicyclic) bond motifs is 1. The fourth-order valence-electron chi connectivity index (χ4n) is 3.29. The number of likely N-dealkylation sites (tertiary alicyclic amines) is 1. The lowest BCUT2D eigenvalue weighted by Gasteiger charge is -2.30. The number of carbonyl (C=O) groups excluding carboxylic acids is 1. The molecule has 2 unspecified atom stereocenters. The first-order valence-corrected chi connectivity index (χ1v) is 8.59. The number of carbonyl (C=O) groups is 2. The normalized spacial score (nSPS) is 27.0. The topological polar surface area (TPSA) is 57.6 Å². The van der Waals surface area contributed by atoms with Crippen molar-refractivity contribution in [3.63, 3.8) is 0 Å². The standard InChI is InChI=1S/C16H16F3NO3S/c17-16(18,19)15(14(22)23)6-7-20(9-15)13(21)12-11-4-2-1-3-10(11)5-8-24-12/h1-4,12H,5-9H2,(H,22,23). The van der Waals surface area contributed by atoms with Gasteiger partial charge in [0.1, 0.15) is 5.25 Å². The quantitative estimate of drug-likeness (QED) is 0.882. The van der Waals surface area contributed by atoms with Gasteiger partial charge in [0.25, 0.3) is 0 Å². The number of thioether (sulfide) groups is 1. The summed E-state index contributed by atoms with van der Waals surface area (Å²) in [5, 5.41) is 8.54. The zero-order valence-corrected chi connectivity index (χ0v) is 13.5. The Morgan fingerprint density at radius 3 is 2.62 bits per heavy atom. The molecule has 1 aromatic carbocycles. The summed E-state index contributed by atoms with van der Waals surface area (Å²) < 4.78 is 39.8. The molecule has 2 aliphatic rings. The van der Waals surface area contributed by atoms with Crippen LogP contribution in [0.2, 0.25) is 0 Å². The van der Waals surface area contributed by atoms with Gasteiger partial charge in [-0.1, -0.05) is 24.3 Å². The summed E-state index contributed by atoms with van der Waals surface area (Å²) in [4.78, 5) is 25.1. The molecule has 0 bridgehead atoms. The molecule has 1 saturated heterocycles. The van der Waals surface area contributed by atoms with Crippen molar-refractivity contribution in [2.45, 2.75) is 24.3 Å². The minimum atomic E-state index is -4.88. The Balaban J connectivity index is 1.85. The lowest BCUT2D eigenvalue weighted by molar-refractivity contribution is -0.227. The van der Waals surface area contributed by atoms with Gasteiger partial charge in [0.2, 0.25) is 5.91 Å². The van der Waals surface area contributed by atoms with E-state index >= 15 is 0 Å². The molecule has 24 heavy (non-hydrogen) atoms. The first kappa shape index (κ1) is 17.1. The van der Waals surface area contributed by atoms with E-state index in [-0.39, 0.29) is 6.54 Å². The molecule has 2 heterocycles. The minimum Gasteiger partial charge on any atom is -0.481 e. The van der Waals surface area contributed by atoms with Gasteiger partial charge in [-0.3, -0.25) is 9.59 Å². The number of hydrogen-bond acceptors (Lipinski definition) is 3. The maximum atomic E-state index is 13.3. The van der Waals surface area contributed by atoms with Crippen LogP contribution in [0.25, 0.3) is 0 Å². The van der Waals surface area contributed by atoms with Crippen LogP contribution >= 0.6 is 11.8 Å². The highest BCUT2D eigenvalue weighted by molar-refractivity contribution is 8.00. The van der Waals surface area contributed by atoms with E-state index in [0.29, 0.717) is 5.75 Å². The molecule has 2 atom stereocenters. The molecule has 0 saturated carbocycles. The molecular formula is C16H16F3NO3S. The lowest BCUT2D eigenvalue weighted by Crippen LogP contribution is -2.48. The first-order valence-electron chi connectivity index (χ1n) is 7.54. The number of alkyl halides is 3. The SMILES string of the molecule is O=C(C1SCCc2ccccc21)N1CCC(C(=O)O)(C(F)(F)F)C1. The molecule has 2 aliphatic heterocycles. The number of aliphatic carboxylic acids is 1. The van der Waals surface area contributed by atoms with Gasteiger partial charge in [0.15, 0.2) is 5.41 Å². The first-order chi connectivity index (χ1) is 11.3. The van der Waals surface area contributed by atoms with Crippen LogP contribution in [0.1, 0.15) is 22.8 Å². The molecule has 3 rings (SSSR count). The van der Waals surface area contributed by atoms with Gasteiger partial charge >= 0.3 is 12.1 Å². The third kappa shape index (κ3) is 2.66. The van der Waals surface area contributed by atoms with Crippen LogP contribution in [0.5, 0.6) is 0 Å². The Morgan fingerprint density at radius 2 is 2.00 bits per heavy atom. The number of hydrogen-bond donors (Lipinski definition) is 1. The smallest absolute Gasteiger partial charge is 0.406 e. The molecular weight excluding hydrogens is 343 g/mol. The number of rotatable bonds is 2. The second-order valence-corrected chi connectivity index (χ2v) is 7.31. The number of amides is 1. The van der Waals surface area contributed by atoms with E-state index in [9.17, 15) is 22.8 Å². The number of carboxylic acids is 1. The highest BCUT2D eigenvalue weighted by atomic mass is 32.2. The average Bonchev–Trinajstić information content (AvgIpc) is 3.00. The fraction of sp³-hybridized carbons (Fsp3) is 0.500. The summed E-state index contributed by atoms with van der Waals surface area (Å²) in [6, 6.07) is 7.39. The number of benzene rings is 1. The Morgan fingerprint density at radius 1 is 1.29 bits per heavy atom. The summed E-state index contributed by atoms with van der Waals surface area (Å²) in [6.07, 6.45) is -4.67. The van der Waals surface area contributed by atoms with Crippen molar-refractivity contribution in [1.82, 2.24) is 4.90 Å². The average molecular weight is 359 g/mol. The molecule has 130 valence electrons. The van der Waals surface area contributed by atoms with E-state index in [1.165, 1.54) is 11.8 Å². The Hall–Kier alpha value is -1.70. The zero-order chi connectivity index (χ0) is 17.5. The van der Waals surface area contributed by atoms with Crippen LogP contribution in [0.15, 0.2) is 24.3 Å². The second-order valence-electron chi connectivity index (χ2n) is 6.09. The molecule has 1 fully saturated rings. The van der Waals surface area contributed by atoms with Crippen LogP contribution < -0.4 is 0 Å². The van der Waals surface area contributed by atoms with Gasteiger partial charge in [-0.15, -0.1) is 11.8 Å². The molecule has 0 spiro atoms. The van der Waals surface area contributed by atoms with Gasteiger partial charge in [0.05, 0.1) is 0 Å². The van der Waals surface area contributed by atoms with E-state index in [1.54, 1.807) is 6.07 Å². The van der Waals surface area contributed by atoms with Gasteiger partial charge in [0, 0.05) is 13.1 Å². The summed E-state index contributed by atoms with van der Waals surface area (Å²) in [5.41, 5.74) is -1.02. The van der Waals surface area contributed by atoms with Crippen LogP contribution in [0.4, 0.5) is 13.2 Å². The highest BCUT2D eigenvalue weighted by Gasteiger charge is 2.64. The van der Waals surface area contributed by atoms with Crippen molar-refractivity contribution >= 4 is 23.6 Å². The number of aryl methyl sites for hydroxylation is 1. The molecule has 0 aliphatic carbocycles. The van der Waals surface area contributed by atoms with Crippen LogP contribution in [0.3, 0.4) is 0 Å². The summed E-state index contributed by atoms with van der Waals surface area (Å²) in [7, 11) is 0. The predicted octanol–water partition coefficient (Wildman–Crippen LogP) is 2.88. The van der Waals surface area contributed by atoms with Crippen molar-refractivity contribution in [2.75, 3.05) is 18.8 Å². The second kappa shape index (κ2) is 5.98. The fourth-order valence-corrected chi connectivity index (χ4v) is 4.56. The van der Waals surface area contributed by atoms with E-state index in [4.69, 9.17) is 5.11 Å². The van der Waals surface area contributed by atoms with E-state index in [2.05, 4.69) is 0 Å². The third-order valence-corrected chi connectivity index (χ3v) is 5.98. The summed E-state index contributed by atoms with van der Waals surface area (Å²) >= 11 is 1.40. The monoisotopic (exact) mass is 359 g/mol. The number of carboxylic acid groups (broad SMARTS) is 1. The molecule has 1 amide bonds. The van der Waals surface area contributed by atoms with Gasteiger partial charge < -0.3 is 10.0 Å². The predicted molar refractivity (Wildman–Crippen MR) is 82.7 cm³/mol. The Bertz CT molecular complexity index is 679. The minimum absolute atomic E-state index is 0.191. The number of halogens is 3. The van der Waals surface area contributed by atoms with Crippen molar-refractivity contribution in [3.05, 3.63) is 35.4 Å². The van der Waals surface area contributed by atoms with E-state index < -0.39 is 41.7 Å². The largest absolute Gasteiger partial charge is 0.481 e. The summed E-state index contributed by atoms with van der Waals surface area (Å²) in [6.45, 7) is -1.01. The van der Waals surface area contributed by atoms with E-state index in [0.717, 1.165) is 22.4 Å². The maximum Gasteiger partial charge on any atom is 0.406 e. The van der Waals surface area contributed by atoms with Gasteiger partial charge in [-0.25, -0.2) is 0 Å². The van der Waals surface area contributed by atoms with Crippen LogP contribution in [-0.2, 0) is 16.0 Å². The highest BCUT2D eigenvalue weighted by Crippen LogP contribution is 2.47. The summed E-state index contributed by atoms with van der Waals surface area (Å²) in [5.74, 6) is -1.63. The number of nitrogens with zero attached hydrogens (tertiary/aromatic N) is 1. The third-order valence-electron chi connectivity index (χ3n) is 4.75. The van der Waals surface area contributed by atoms with Crippen LogP contribution in [0, 0.1) is 5.41 Å². The molecule has 4 nitrogen and oxygen atoms in total. The van der Waals surface area contributed by atoms with Crippen molar-refractivity contribution in [3.8, 4) is 0 Å². The van der Waals surface area contributed by atoms with Gasteiger partial charge in [-0.05, 0) is 29.7 Å². The van der Waals surface area contributed by atoms with Crippen molar-refractivity contribution < 1.29 is 27.9 Å². The van der Waals surface area contributed by atoms with Crippen molar-refractivity contribution in [1.29, 1.82) is 0 Å². The maximum absolute atomic E-state index is 13.3. The Labute approximate surface area is 141 Å². The molecule has 1 aromatic rings.